The molecule has 0 aliphatic carbocycles. The molecule has 0 atom stereocenters. The second-order valence-electron chi connectivity index (χ2n) is 4.79. The molecule has 0 saturated carbocycles. The monoisotopic (exact) mass is 289 g/mol. The van der Waals surface area contributed by atoms with Gasteiger partial charge in [-0.15, -0.1) is 11.3 Å². The largest absolute Gasteiger partial charge is 0.477 e. The van der Waals surface area contributed by atoms with Gasteiger partial charge >= 0.3 is 5.97 Å². The molecule has 106 valence electrons. The molecule has 20 heavy (non-hydrogen) atoms. The summed E-state index contributed by atoms with van der Waals surface area (Å²) in [5.74, 6) is -0.839. The fourth-order valence-corrected chi connectivity index (χ4v) is 3.05. The molecule has 0 unspecified atom stereocenters. The Morgan fingerprint density at radius 3 is 2.70 bits per heavy atom. The molecule has 4 heteroatoms. The first kappa shape index (κ1) is 14.8. The van der Waals surface area contributed by atoms with Crippen LogP contribution in [0.25, 0.3) is 0 Å². The van der Waals surface area contributed by atoms with E-state index in [-0.39, 0.29) is 0 Å². The molecule has 0 bridgehead atoms. The van der Waals surface area contributed by atoms with Crippen LogP contribution in [0.4, 0.5) is 0 Å². The summed E-state index contributed by atoms with van der Waals surface area (Å²) in [6.45, 7) is 3.65. The molecular weight excluding hydrogens is 270 g/mol. The van der Waals surface area contributed by atoms with E-state index in [9.17, 15) is 4.79 Å². The van der Waals surface area contributed by atoms with Crippen LogP contribution in [0.15, 0.2) is 36.4 Å². The van der Waals surface area contributed by atoms with Crippen LogP contribution in [0.2, 0.25) is 0 Å². The normalized spacial score (nSPS) is 10.7. The topological polar surface area (TPSA) is 49.3 Å². The number of carbonyl (C=O) groups is 1. The SMILES string of the molecule is Cc1cc(C(=O)O)sc1CNCCCc1ccccc1. The van der Waals surface area contributed by atoms with E-state index in [0.29, 0.717) is 4.88 Å². The van der Waals surface area contributed by atoms with Crippen molar-refractivity contribution in [2.45, 2.75) is 26.3 Å². The molecule has 0 fully saturated rings. The zero-order valence-corrected chi connectivity index (χ0v) is 12.4. The summed E-state index contributed by atoms with van der Waals surface area (Å²) in [4.78, 5) is 12.4. The average Bonchev–Trinajstić information content (AvgIpc) is 2.81. The van der Waals surface area contributed by atoms with Gasteiger partial charge in [-0.05, 0) is 43.5 Å². The van der Waals surface area contributed by atoms with Crippen molar-refractivity contribution in [3.8, 4) is 0 Å². The summed E-state index contributed by atoms with van der Waals surface area (Å²) in [6, 6.07) is 12.2. The zero-order valence-electron chi connectivity index (χ0n) is 11.6. The molecule has 0 saturated heterocycles. The number of aryl methyl sites for hydroxylation is 2. The zero-order chi connectivity index (χ0) is 14.4. The minimum Gasteiger partial charge on any atom is -0.477 e. The predicted octanol–water partition coefficient (Wildman–Crippen LogP) is 3.48. The maximum Gasteiger partial charge on any atom is 0.345 e. The first-order valence-electron chi connectivity index (χ1n) is 6.74. The Kier molecular flexibility index (Phi) is 5.32. The van der Waals surface area contributed by atoms with E-state index in [0.717, 1.165) is 36.4 Å². The van der Waals surface area contributed by atoms with Crippen molar-refractivity contribution in [1.29, 1.82) is 0 Å². The molecule has 1 aromatic carbocycles. The van der Waals surface area contributed by atoms with Crippen LogP contribution < -0.4 is 5.32 Å². The van der Waals surface area contributed by atoms with Crippen molar-refractivity contribution in [2.75, 3.05) is 6.54 Å². The van der Waals surface area contributed by atoms with Gasteiger partial charge < -0.3 is 10.4 Å². The number of carboxylic acids is 1. The summed E-state index contributed by atoms with van der Waals surface area (Å²) in [5.41, 5.74) is 2.41. The Labute approximate surface area is 123 Å². The number of hydrogen-bond acceptors (Lipinski definition) is 3. The van der Waals surface area contributed by atoms with E-state index in [4.69, 9.17) is 5.11 Å². The van der Waals surface area contributed by atoms with E-state index >= 15 is 0 Å². The Balaban J connectivity index is 1.72. The number of rotatable bonds is 7. The molecule has 0 aliphatic heterocycles. The summed E-state index contributed by atoms with van der Waals surface area (Å²) in [7, 11) is 0. The maximum absolute atomic E-state index is 10.9. The van der Waals surface area contributed by atoms with E-state index in [1.54, 1.807) is 6.07 Å². The van der Waals surface area contributed by atoms with Gasteiger partial charge in [0.1, 0.15) is 4.88 Å². The second-order valence-corrected chi connectivity index (χ2v) is 5.92. The van der Waals surface area contributed by atoms with Gasteiger partial charge in [0.15, 0.2) is 0 Å². The highest BCUT2D eigenvalue weighted by Crippen LogP contribution is 2.21. The molecular formula is C16H19NO2S. The molecule has 0 spiro atoms. The Bertz CT molecular complexity index is 563. The quantitative estimate of drug-likeness (QED) is 0.767. The number of benzene rings is 1. The highest BCUT2D eigenvalue weighted by Gasteiger charge is 2.10. The third kappa shape index (κ3) is 4.18. The van der Waals surface area contributed by atoms with Crippen LogP contribution in [-0.2, 0) is 13.0 Å². The molecule has 2 rings (SSSR count). The summed E-state index contributed by atoms with van der Waals surface area (Å²) in [6.07, 6.45) is 2.15. The number of nitrogens with one attached hydrogen (secondary N) is 1. The lowest BCUT2D eigenvalue weighted by Gasteiger charge is -2.04. The van der Waals surface area contributed by atoms with Crippen molar-refractivity contribution in [3.05, 3.63) is 57.3 Å². The number of carboxylic acid groups (broad SMARTS) is 1. The molecule has 1 heterocycles. The summed E-state index contributed by atoms with van der Waals surface area (Å²) in [5, 5.41) is 12.3. The van der Waals surface area contributed by atoms with Crippen molar-refractivity contribution in [2.24, 2.45) is 0 Å². The average molecular weight is 289 g/mol. The van der Waals surface area contributed by atoms with Crippen LogP contribution in [0.5, 0.6) is 0 Å². The summed E-state index contributed by atoms with van der Waals surface area (Å²) >= 11 is 1.36. The smallest absolute Gasteiger partial charge is 0.345 e. The van der Waals surface area contributed by atoms with Crippen LogP contribution in [-0.4, -0.2) is 17.6 Å². The number of hydrogen-bond donors (Lipinski definition) is 2. The van der Waals surface area contributed by atoms with Crippen molar-refractivity contribution < 1.29 is 9.90 Å². The van der Waals surface area contributed by atoms with Gasteiger partial charge in [0.05, 0.1) is 0 Å². The fraction of sp³-hybridized carbons (Fsp3) is 0.312. The van der Waals surface area contributed by atoms with Gasteiger partial charge in [-0.3, -0.25) is 0 Å². The highest BCUT2D eigenvalue weighted by atomic mass is 32.1. The van der Waals surface area contributed by atoms with E-state index in [1.165, 1.54) is 16.9 Å². The van der Waals surface area contributed by atoms with E-state index < -0.39 is 5.97 Å². The molecule has 2 N–H and O–H groups in total. The van der Waals surface area contributed by atoms with E-state index in [1.807, 2.05) is 13.0 Å². The van der Waals surface area contributed by atoms with Gasteiger partial charge in [-0.2, -0.15) is 0 Å². The lowest BCUT2D eigenvalue weighted by molar-refractivity contribution is 0.0702. The van der Waals surface area contributed by atoms with Gasteiger partial charge in [-0.25, -0.2) is 4.79 Å². The minimum atomic E-state index is -0.839. The number of aromatic carboxylic acids is 1. The standard InChI is InChI=1S/C16H19NO2S/c1-12-10-14(16(18)19)20-15(12)11-17-9-5-8-13-6-3-2-4-7-13/h2-4,6-7,10,17H,5,8-9,11H2,1H3,(H,18,19). The second kappa shape index (κ2) is 7.22. The lowest BCUT2D eigenvalue weighted by atomic mass is 10.1. The van der Waals surface area contributed by atoms with Crippen molar-refractivity contribution >= 4 is 17.3 Å². The lowest BCUT2D eigenvalue weighted by Crippen LogP contribution is -2.15. The molecule has 2 aromatic rings. The highest BCUT2D eigenvalue weighted by molar-refractivity contribution is 7.14. The van der Waals surface area contributed by atoms with Crippen LogP contribution in [0.1, 0.15) is 32.1 Å². The summed E-state index contributed by atoms with van der Waals surface area (Å²) < 4.78 is 0. The fourth-order valence-electron chi connectivity index (χ4n) is 2.06. The van der Waals surface area contributed by atoms with Gasteiger partial charge in [0.25, 0.3) is 0 Å². The first-order valence-corrected chi connectivity index (χ1v) is 7.55. The molecule has 0 aliphatic rings. The first-order chi connectivity index (χ1) is 9.66. The van der Waals surface area contributed by atoms with E-state index in [2.05, 4.69) is 29.6 Å². The van der Waals surface area contributed by atoms with Crippen LogP contribution >= 0.6 is 11.3 Å². The van der Waals surface area contributed by atoms with Crippen LogP contribution in [0.3, 0.4) is 0 Å². The van der Waals surface area contributed by atoms with Crippen molar-refractivity contribution in [3.63, 3.8) is 0 Å². The third-order valence-corrected chi connectivity index (χ3v) is 4.40. The minimum absolute atomic E-state index is 0.420. The van der Waals surface area contributed by atoms with Crippen molar-refractivity contribution in [1.82, 2.24) is 5.32 Å². The Morgan fingerprint density at radius 2 is 2.05 bits per heavy atom. The van der Waals surface area contributed by atoms with Gasteiger partial charge in [0.2, 0.25) is 0 Å². The molecule has 1 aromatic heterocycles. The van der Waals surface area contributed by atoms with Gasteiger partial charge in [-0.1, -0.05) is 30.3 Å². The van der Waals surface area contributed by atoms with Gasteiger partial charge in [0, 0.05) is 11.4 Å². The predicted molar refractivity (Wildman–Crippen MR) is 82.5 cm³/mol. The molecule has 3 nitrogen and oxygen atoms in total. The third-order valence-electron chi connectivity index (χ3n) is 3.18. The molecule has 0 amide bonds. The maximum atomic E-state index is 10.9. The number of thiophene rings is 1. The molecule has 0 radical (unpaired) electrons. The Morgan fingerprint density at radius 1 is 1.30 bits per heavy atom. The Hall–Kier alpha value is -1.65. The van der Waals surface area contributed by atoms with Crippen LogP contribution in [0, 0.1) is 6.92 Å².